The van der Waals surface area contributed by atoms with Gasteiger partial charge in [0.05, 0.1) is 19.1 Å². The number of para-hydroxylation sites is 1. The van der Waals surface area contributed by atoms with Crippen molar-refractivity contribution in [3.63, 3.8) is 0 Å². The lowest BCUT2D eigenvalue weighted by Gasteiger charge is -2.32. The van der Waals surface area contributed by atoms with E-state index in [9.17, 15) is 14.7 Å². The summed E-state index contributed by atoms with van der Waals surface area (Å²) in [7, 11) is 0. The lowest BCUT2D eigenvalue weighted by atomic mass is 9.84. The lowest BCUT2D eigenvalue weighted by molar-refractivity contribution is -0.164. The molecule has 0 saturated carbocycles. The van der Waals surface area contributed by atoms with Crippen LogP contribution in [0.3, 0.4) is 0 Å². The molecule has 2 unspecified atom stereocenters. The third-order valence-corrected chi connectivity index (χ3v) is 4.10. The molecule has 7 heteroatoms. The second kappa shape index (κ2) is 8.10. The molecule has 0 radical (unpaired) electrons. The fourth-order valence-corrected chi connectivity index (χ4v) is 2.97. The Hall–Kier alpha value is -2.38. The highest BCUT2D eigenvalue weighted by Gasteiger charge is 2.43. The van der Waals surface area contributed by atoms with Crippen molar-refractivity contribution in [2.75, 3.05) is 6.61 Å². The van der Waals surface area contributed by atoms with E-state index in [1.54, 1.807) is 33.9 Å². The summed E-state index contributed by atoms with van der Waals surface area (Å²) < 4.78 is 10.4. The number of H-pyrrole nitrogens is 1. The van der Waals surface area contributed by atoms with Crippen LogP contribution in [-0.2, 0) is 24.6 Å². The zero-order valence-electron chi connectivity index (χ0n) is 16.2. The number of aliphatic hydroxyl groups is 1. The maximum Gasteiger partial charge on any atom is 0.331 e. The molecule has 0 aliphatic carbocycles. The molecule has 1 aromatic heterocycles. The number of carbonyl (C=O) groups is 2. The summed E-state index contributed by atoms with van der Waals surface area (Å²) in [6.07, 6.45) is 0.0573. The normalized spacial score (nSPS) is 15.2. The zero-order valence-corrected chi connectivity index (χ0v) is 16.2. The minimum Gasteiger partial charge on any atom is -0.466 e. The number of aromatic nitrogens is 1. The van der Waals surface area contributed by atoms with Crippen LogP contribution in [0.4, 0.5) is 0 Å². The van der Waals surface area contributed by atoms with E-state index in [0.717, 1.165) is 10.9 Å². The molecule has 0 aliphatic heterocycles. The van der Waals surface area contributed by atoms with Crippen molar-refractivity contribution in [3.8, 4) is 0 Å². The predicted octanol–water partition coefficient (Wildman–Crippen LogP) is 2.37. The van der Waals surface area contributed by atoms with Crippen LogP contribution in [0.2, 0.25) is 0 Å². The van der Waals surface area contributed by atoms with E-state index in [-0.39, 0.29) is 19.4 Å². The number of fused-ring (bicyclic) bond motifs is 1. The summed E-state index contributed by atoms with van der Waals surface area (Å²) in [5.41, 5.74) is 5.47. The van der Waals surface area contributed by atoms with Crippen LogP contribution < -0.4 is 5.73 Å². The van der Waals surface area contributed by atoms with Crippen LogP contribution in [0.5, 0.6) is 0 Å². The van der Waals surface area contributed by atoms with E-state index in [1.807, 2.05) is 24.3 Å². The molecule has 148 valence electrons. The van der Waals surface area contributed by atoms with Crippen molar-refractivity contribution in [1.29, 1.82) is 0 Å². The second-order valence-electron chi connectivity index (χ2n) is 7.59. The van der Waals surface area contributed by atoms with Crippen molar-refractivity contribution in [3.05, 3.63) is 36.0 Å². The molecule has 2 rings (SSSR count). The summed E-state index contributed by atoms with van der Waals surface area (Å²) >= 11 is 0. The fourth-order valence-electron chi connectivity index (χ4n) is 2.97. The Morgan fingerprint density at radius 2 is 1.93 bits per heavy atom. The number of aromatic amines is 1. The first kappa shape index (κ1) is 20.9. The number of aliphatic hydroxyl groups excluding tert-OH is 1. The predicted molar refractivity (Wildman–Crippen MR) is 102 cm³/mol. The van der Waals surface area contributed by atoms with Gasteiger partial charge in [-0.3, -0.25) is 4.79 Å². The molecular formula is C20H28N2O5. The molecule has 0 aliphatic rings. The molecule has 0 fully saturated rings. The number of nitrogens with one attached hydrogen (secondary N) is 1. The maximum atomic E-state index is 13.0. The molecular weight excluding hydrogens is 348 g/mol. The van der Waals surface area contributed by atoms with E-state index in [0.29, 0.717) is 5.56 Å². The summed E-state index contributed by atoms with van der Waals surface area (Å²) in [6.45, 7) is 7.14. The molecule has 7 nitrogen and oxygen atoms in total. The van der Waals surface area contributed by atoms with Crippen LogP contribution >= 0.6 is 0 Å². The molecule has 0 amide bonds. The minimum absolute atomic E-state index is 0.178. The summed E-state index contributed by atoms with van der Waals surface area (Å²) in [4.78, 5) is 27.8. The van der Waals surface area contributed by atoms with Gasteiger partial charge in [0.25, 0.3) is 0 Å². The van der Waals surface area contributed by atoms with E-state index in [1.165, 1.54) is 0 Å². The number of hydrogen-bond acceptors (Lipinski definition) is 6. The van der Waals surface area contributed by atoms with E-state index >= 15 is 0 Å². The number of benzene rings is 1. The Labute approximate surface area is 158 Å². The number of rotatable bonds is 7. The zero-order chi connectivity index (χ0) is 20.2. The lowest BCUT2D eigenvalue weighted by Crippen LogP contribution is -2.50. The molecule has 1 heterocycles. The molecule has 2 atom stereocenters. The minimum atomic E-state index is -1.63. The van der Waals surface area contributed by atoms with Crippen LogP contribution in [-0.4, -0.2) is 40.3 Å². The van der Waals surface area contributed by atoms with Crippen LogP contribution in [0.1, 0.15) is 46.1 Å². The van der Waals surface area contributed by atoms with Crippen molar-refractivity contribution >= 4 is 22.8 Å². The maximum absolute atomic E-state index is 13.0. The Balaban J connectivity index is 2.39. The van der Waals surface area contributed by atoms with Gasteiger partial charge in [-0.15, -0.1) is 0 Å². The van der Waals surface area contributed by atoms with Gasteiger partial charge in [0.2, 0.25) is 0 Å². The molecule has 4 N–H and O–H groups in total. The smallest absolute Gasteiger partial charge is 0.331 e. The highest BCUT2D eigenvalue weighted by molar-refractivity contribution is 5.92. The Bertz CT molecular complexity index is 808. The first-order chi connectivity index (χ1) is 12.6. The second-order valence-corrected chi connectivity index (χ2v) is 7.59. The monoisotopic (exact) mass is 376 g/mol. The van der Waals surface area contributed by atoms with Gasteiger partial charge < -0.3 is 25.3 Å². The van der Waals surface area contributed by atoms with Gasteiger partial charge in [-0.25, -0.2) is 4.79 Å². The molecule has 2 aromatic rings. The van der Waals surface area contributed by atoms with Gasteiger partial charge in [-0.1, -0.05) is 18.2 Å². The van der Waals surface area contributed by atoms with Crippen molar-refractivity contribution in [2.45, 2.75) is 57.8 Å². The standard InChI is InChI=1S/C20H28N2O5/c1-5-26-17(24)10-13(23)11-20(21,18(25)27-19(2,3)4)15-12-22-16-9-7-6-8-14(15)16/h6-9,12-13,22-23H,5,10-11,21H2,1-4H3. The highest BCUT2D eigenvalue weighted by atomic mass is 16.6. The topological polar surface area (TPSA) is 115 Å². The van der Waals surface area contributed by atoms with E-state index in [2.05, 4.69) is 4.98 Å². The van der Waals surface area contributed by atoms with Gasteiger partial charge in [0.1, 0.15) is 11.1 Å². The largest absolute Gasteiger partial charge is 0.466 e. The third kappa shape index (κ3) is 5.08. The third-order valence-electron chi connectivity index (χ3n) is 4.10. The number of carbonyl (C=O) groups excluding carboxylic acids is 2. The van der Waals surface area contributed by atoms with Gasteiger partial charge in [-0.05, 0) is 33.8 Å². The summed E-state index contributed by atoms with van der Waals surface area (Å²) in [6, 6.07) is 7.41. The number of ether oxygens (including phenoxy) is 2. The molecule has 0 saturated heterocycles. The van der Waals surface area contributed by atoms with Gasteiger partial charge in [0, 0.05) is 29.1 Å². The Kier molecular flexibility index (Phi) is 6.28. The van der Waals surface area contributed by atoms with E-state index < -0.39 is 29.2 Å². The fraction of sp³-hybridized carbons (Fsp3) is 0.500. The SMILES string of the molecule is CCOC(=O)CC(O)CC(N)(C(=O)OC(C)(C)C)c1c[nH]c2ccccc12. The highest BCUT2D eigenvalue weighted by Crippen LogP contribution is 2.33. The Morgan fingerprint density at radius 1 is 1.26 bits per heavy atom. The van der Waals surface area contributed by atoms with Crippen LogP contribution in [0.15, 0.2) is 30.5 Å². The van der Waals surface area contributed by atoms with Crippen molar-refractivity contribution in [2.24, 2.45) is 5.73 Å². The number of nitrogens with two attached hydrogens (primary N) is 1. The quantitative estimate of drug-likeness (QED) is 0.639. The molecule has 27 heavy (non-hydrogen) atoms. The van der Waals surface area contributed by atoms with Crippen molar-refractivity contribution < 1.29 is 24.2 Å². The average Bonchev–Trinajstić information content (AvgIpc) is 2.97. The average molecular weight is 376 g/mol. The van der Waals surface area contributed by atoms with Gasteiger partial charge >= 0.3 is 11.9 Å². The number of hydrogen-bond donors (Lipinski definition) is 3. The van der Waals surface area contributed by atoms with Gasteiger partial charge in [-0.2, -0.15) is 0 Å². The first-order valence-corrected chi connectivity index (χ1v) is 8.99. The molecule has 1 aromatic carbocycles. The summed E-state index contributed by atoms with van der Waals surface area (Å²) in [5, 5.41) is 11.2. The molecule has 0 bridgehead atoms. The van der Waals surface area contributed by atoms with Crippen molar-refractivity contribution in [1.82, 2.24) is 4.98 Å². The Morgan fingerprint density at radius 3 is 2.56 bits per heavy atom. The van der Waals surface area contributed by atoms with Gasteiger partial charge in [0.15, 0.2) is 0 Å². The molecule has 0 spiro atoms. The van der Waals surface area contributed by atoms with Crippen LogP contribution in [0, 0.1) is 0 Å². The number of esters is 2. The van der Waals surface area contributed by atoms with Crippen LogP contribution in [0.25, 0.3) is 10.9 Å². The first-order valence-electron chi connectivity index (χ1n) is 8.99. The van der Waals surface area contributed by atoms with E-state index in [4.69, 9.17) is 15.2 Å². The summed E-state index contributed by atoms with van der Waals surface area (Å²) in [5.74, 6) is -1.21.